The highest BCUT2D eigenvalue weighted by Gasteiger charge is 2.50. The molecule has 2 rings (SSSR count). The van der Waals surface area contributed by atoms with Gasteiger partial charge in [0, 0.05) is 6.04 Å². The van der Waals surface area contributed by atoms with Gasteiger partial charge in [0.15, 0.2) is 0 Å². The first-order valence-corrected chi connectivity index (χ1v) is 2.79. The van der Waals surface area contributed by atoms with Gasteiger partial charge in [0.05, 0.1) is 5.92 Å². The number of carbonyl (C=O) groups is 2. The first-order chi connectivity index (χ1) is 4.27. The molecule has 2 atom stereocenters. The number of amides is 1. The topological polar surface area (TPSA) is 55.4 Å². The van der Waals surface area contributed by atoms with Crippen molar-refractivity contribution in [1.82, 2.24) is 5.32 Å². The molecule has 1 saturated heterocycles. The Bertz CT molecular complexity index is 189. The quantitative estimate of drug-likeness (QED) is 0.357. The summed E-state index contributed by atoms with van der Waals surface area (Å²) in [5.41, 5.74) is 0. The minimum atomic E-state index is -0.598. The zero-order valence-corrected chi connectivity index (χ0v) is 4.59. The molecule has 0 radical (unpaired) electrons. The molecule has 2 aliphatic rings. The summed E-state index contributed by atoms with van der Waals surface area (Å²) in [4.78, 5) is 20.9. The van der Waals surface area contributed by atoms with E-state index in [1.807, 2.05) is 0 Å². The van der Waals surface area contributed by atoms with Crippen molar-refractivity contribution in [2.45, 2.75) is 12.5 Å². The van der Waals surface area contributed by atoms with Crippen LogP contribution in [0.1, 0.15) is 6.42 Å². The highest BCUT2D eigenvalue weighted by Crippen LogP contribution is 2.34. The van der Waals surface area contributed by atoms with Crippen LogP contribution in [0.15, 0.2) is 0 Å². The Morgan fingerprint density at radius 3 is 3.00 bits per heavy atom. The number of ether oxygens (including phenoxy) is 1. The molecular formula is C5H5NO3. The Kier molecular flexibility index (Phi) is 0.670. The molecule has 1 aliphatic carbocycles. The van der Waals surface area contributed by atoms with E-state index in [2.05, 4.69) is 10.1 Å². The molecule has 1 aliphatic heterocycles. The number of esters is 1. The number of hydrogen-bond acceptors (Lipinski definition) is 3. The Hall–Kier alpha value is -1.06. The Balaban J connectivity index is 2.15. The summed E-state index contributed by atoms with van der Waals surface area (Å²) < 4.78 is 4.25. The van der Waals surface area contributed by atoms with Gasteiger partial charge in [0.2, 0.25) is 0 Å². The number of carbonyl (C=O) groups excluding carboxylic acids is 2. The average Bonchev–Trinajstić information content (AvgIpc) is 2.43. The minimum Gasteiger partial charge on any atom is -0.376 e. The maximum absolute atomic E-state index is 10.6. The van der Waals surface area contributed by atoms with E-state index in [4.69, 9.17) is 0 Å². The second-order valence-electron chi connectivity index (χ2n) is 2.30. The van der Waals surface area contributed by atoms with Crippen molar-refractivity contribution < 1.29 is 14.3 Å². The van der Waals surface area contributed by atoms with E-state index < -0.39 is 6.09 Å². The van der Waals surface area contributed by atoms with Crippen LogP contribution in [0.25, 0.3) is 0 Å². The van der Waals surface area contributed by atoms with Crippen molar-refractivity contribution in [1.29, 1.82) is 0 Å². The van der Waals surface area contributed by atoms with Crippen molar-refractivity contribution >= 4 is 12.1 Å². The largest absolute Gasteiger partial charge is 0.415 e. The van der Waals surface area contributed by atoms with E-state index in [1.54, 1.807) is 0 Å². The summed E-state index contributed by atoms with van der Waals surface area (Å²) in [6.45, 7) is 0. The number of cyclic esters (lactones) is 2. The molecule has 0 aromatic heterocycles. The van der Waals surface area contributed by atoms with Gasteiger partial charge in [0.1, 0.15) is 0 Å². The number of nitrogens with one attached hydrogen (secondary N) is 1. The molecule has 1 amide bonds. The van der Waals surface area contributed by atoms with E-state index in [1.165, 1.54) is 0 Å². The molecule has 0 spiro atoms. The third-order valence-corrected chi connectivity index (χ3v) is 1.59. The fraction of sp³-hybridized carbons (Fsp3) is 0.600. The van der Waals surface area contributed by atoms with Crippen LogP contribution in [-0.2, 0) is 9.53 Å². The van der Waals surface area contributed by atoms with Gasteiger partial charge in [-0.2, -0.15) is 0 Å². The van der Waals surface area contributed by atoms with Crippen LogP contribution in [0.3, 0.4) is 0 Å². The van der Waals surface area contributed by atoms with Gasteiger partial charge in [0.25, 0.3) is 0 Å². The van der Waals surface area contributed by atoms with Gasteiger partial charge in [-0.1, -0.05) is 0 Å². The number of rotatable bonds is 0. The predicted molar refractivity (Wildman–Crippen MR) is 26.5 cm³/mol. The monoisotopic (exact) mass is 127 g/mol. The standard InChI is InChI=1S/C5H5NO3/c7-4-2-1-3(2)6-5(8)9-4/h2-3H,1H2,(H,6,8)/t2-,3+/m0/s1. The van der Waals surface area contributed by atoms with Crippen LogP contribution >= 0.6 is 0 Å². The van der Waals surface area contributed by atoms with Crippen LogP contribution in [0.5, 0.6) is 0 Å². The summed E-state index contributed by atoms with van der Waals surface area (Å²) >= 11 is 0. The SMILES string of the molecule is O=C1N[C@@H]2C[C@@H]2C(=O)O1. The lowest BCUT2D eigenvalue weighted by Gasteiger charge is -2.08. The Morgan fingerprint density at radius 2 is 2.33 bits per heavy atom. The van der Waals surface area contributed by atoms with Gasteiger partial charge in [-0.15, -0.1) is 0 Å². The molecule has 2 fully saturated rings. The number of hydrogen-bond donors (Lipinski definition) is 1. The van der Waals surface area contributed by atoms with Crippen molar-refractivity contribution in [3.05, 3.63) is 0 Å². The summed E-state index contributed by atoms with van der Waals surface area (Å²) in [5.74, 6) is -0.411. The molecule has 1 heterocycles. The lowest BCUT2D eigenvalue weighted by molar-refractivity contribution is -0.140. The molecule has 9 heavy (non-hydrogen) atoms. The van der Waals surface area contributed by atoms with Crippen molar-refractivity contribution in [3.63, 3.8) is 0 Å². The fourth-order valence-electron chi connectivity index (χ4n) is 0.963. The lowest BCUT2D eigenvalue weighted by atomic mass is 10.4. The van der Waals surface area contributed by atoms with Crippen LogP contribution in [0.4, 0.5) is 4.79 Å². The van der Waals surface area contributed by atoms with Gasteiger partial charge in [-0.05, 0) is 6.42 Å². The van der Waals surface area contributed by atoms with Gasteiger partial charge in [-0.25, -0.2) is 4.79 Å². The number of alkyl carbamates (subject to hydrolysis) is 1. The second kappa shape index (κ2) is 1.26. The molecule has 4 nitrogen and oxygen atoms in total. The minimum absolute atomic E-state index is 0.0392. The molecule has 4 heteroatoms. The first kappa shape index (κ1) is 4.78. The van der Waals surface area contributed by atoms with E-state index >= 15 is 0 Å². The van der Waals surface area contributed by atoms with E-state index in [-0.39, 0.29) is 17.9 Å². The highest BCUT2D eigenvalue weighted by atomic mass is 16.6. The van der Waals surface area contributed by atoms with Crippen molar-refractivity contribution in [2.24, 2.45) is 5.92 Å². The first-order valence-electron chi connectivity index (χ1n) is 2.79. The van der Waals surface area contributed by atoms with Gasteiger partial charge >= 0.3 is 12.1 Å². The third-order valence-electron chi connectivity index (χ3n) is 1.59. The number of fused-ring (bicyclic) bond motifs is 1. The summed E-state index contributed by atoms with van der Waals surface area (Å²) in [6.07, 6.45) is 0.156. The van der Waals surface area contributed by atoms with Crippen LogP contribution in [0, 0.1) is 5.92 Å². The Labute approximate surface area is 51.2 Å². The Morgan fingerprint density at radius 1 is 1.56 bits per heavy atom. The second-order valence-corrected chi connectivity index (χ2v) is 2.30. The average molecular weight is 127 g/mol. The summed E-state index contributed by atoms with van der Waals surface area (Å²) in [6, 6.07) is 0.0822. The fourth-order valence-corrected chi connectivity index (χ4v) is 0.963. The van der Waals surface area contributed by atoms with E-state index in [0.717, 1.165) is 6.42 Å². The lowest BCUT2D eigenvalue weighted by Crippen LogP contribution is -2.36. The van der Waals surface area contributed by atoms with Crippen LogP contribution in [0.2, 0.25) is 0 Å². The van der Waals surface area contributed by atoms with Gasteiger partial charge < -0.3 is 10.1 Å². The normalized spacial score (nSPS) is 38.7. The molecule has 0 aromatic carbocycles. The molecular weight excluding hydrogens is 122 g/mol. The molecule has 1 saturated carbocycles. The molecule has 0 unspecified atom stereocenters. The molecule has 0 bridgehead atoms. The molecule has 48 valence electrons. The predicted octanol–water partition coefficient (Wildman–Crippen LogP) is -0.359. The highest BCUT2D eigenvalue weighted by molar-refractivity contribution is 5.91. The summed E-state index contributed by atoms with van der Waals surface area (Å²) in [7, 11) is 0. The van der Waals surface area contributed by atoms with Crippen LogP contribution < -0.4 is 5.32 Å². The van der Waals surface area contributed by atoms with Crippen molar-refractivity contribution in [2.75, 3.05) is 0 Å². The zero-order chi connectivity index (χ0) is 6.43. The van der Waals surface area contributed by atoms with E-state index in [9.17, 15) is 9.59 Å². The maximum atomic E-state index is 10.6. The van der Waals surface area contributed by atoms with E-state index in [0.29, 0.717) is 0 Å². The maximum Gasteiger partial charge on any atom is 0.415 e. The third kappa shape index (κ3) is 0.590. The zero-order valence-electron chi connectivity index (χ0n) is 4.59. The van der Waals surface area contributed by atoms with Crippen molar-refractivity contribution in [3.8, 4) is 0 Å². The summed E-state index contributed by atoms with van der Waals surface area (Å²) in [5, 5.41) is 2.50. The smallest absolute Gasteiger partial charge is 0.376 e. The molecule has 1 N–H and O–H groups in total. The molecule has 0 aromatic rings. The van der Waals surface area contributed by atoms with Crippen LogP contribution in [-0.4, -0.2) is 18.1 Å². The van der Waals surface area contributed by atoms with Gasteiger partial charge in [-0.3, -0.25) is 4.79 Å².